The van der Waals surface area contributed by atoms with Gasteiger partial charge in [-0.3, -0.25) is 9.78 Å². The molecular formula is C27H36N5NaO2. The van der Waals surface area contributed by atoms with Crippen LogP contribution in [0, 0.1) is 16.7 Å². The Balaban J connectivity index is 0.00000342. The van der Waals surface area contributed by atoms with Gasteiger partial charge in [-0.1, -0.05) is 19.9 Å². The second kappa shape index (κ2) is 10.2. The summed E-state index contributed by atoms with van der Waals surface area (Å²) in [6, 6.07) is 5.92. The van der Waals surface area contributed by atoms with Crippen LogP contribution in [0.4, 0.5) is 5.69 Å². The number of ether oxygens (including phenoxy) is 1. The number of carbonyl (C=O) groups excluding carboxylic acids is 1. The molecule has 3 heterocycles. The van der Waals surface area contributed by atoms with E-state index in [-0.39, 0.29) is 69.5 Å². The summed E-state index contributed by atoms with van der Waals surface area (Å²) in [6.07, 6.45) is 8.44. The van der Waals surface area contributed by atoms with E-state index in [0.717, 1.165) is 43.5 Å². The maximum atomic E-state index is 12.9. The summed E-state index contributed by atoms with van der Waals surface area (Å²) < 4.78 is 6.29. The molecule has 0 atom stereocenters. The normalized spacial score (nSPS) is 20.8. The fourth-order valence-electron chi connectivity index (χ4n) is 5.32. The molecule has 1 saturated heterocycles. The second-order valence-corrected chi connectivity index (χ2v) is 11.7. The quantitative estimate of drug-likeness (QED) is 0.570. The van der Waals surface area contributed by atoms with E-state index in [1.54, 1.807) is 0 Å². The van der Waals surface area contributed by atoms with E-state index in [4.69, 9.17) is 15.0 Å². The summed E-state index contributed by atoms with van der Waals surface area (Å²) in [4.78, 5) is 24.8. The van der Waals surface area contributed by atoms with Crippen molar-refractivity contribution < 1.29 is 9.53 Å². The zero-order valence-corrected chi connectivity index (χ0v) is 21.1. The maximum absolute atomic E-state index is 12.9. The molecule has 0 aromatic carbocycles. The Bertz CT molecular complexity index is 1160. The number of H-pyrrole nitrogens is 1. The van der Waals surface area contributed by atoms with Gasteiger partial charge >= 0.3 is 29.6 Å². The molecule has 182 valence electrons. The van der Waals surface area contributed by atoms with Crippen molar-refractivity contribution in [1.29, 1.82) is 5.26 Å². The minimum atomic E-state index is -0.387. The number of nitriles is 1. The third kappa shape index (κ3) is 6.62. The Morgan fingerprint density at radius 1 is 1.14 bits per heavy atom. The molecule has 7 nitrogen and oxygen atoms in total. The van der Waals surface area contributed by atoms with Gasteiger partial charge < -0.3 is 15.0 Å². The number of aromatic nitrogens is 3. The first-order chi connectivity index (χ1) is 15.9. The molecule has 2 aromatic rings. The molecule has 0 saturated carbocycles. The van der Waals surface area contributed by atoms with E-state index >= 15 is 0 Å². The summed E-state index contributed by atoms with van der Waals surface area (Å²) in [5.41, 5.74) is 3.69. The topological polar surface area (TPSA) is 104 Å². The number of nitrogens with one attached hydrogen (secondary N) is 2. The van der Waals surface area contributed by atoms with Gasteiger partial charge in [-0.15, -0.1) is 0 Å². The molecule has 1 aliphatic heterocycles. The van der Waals surface area contributed by atoms with Gasteiger partial charge in [0.1, 0.15) is 6.07 Å². The van der Waals surface area contributed by atoms with Crippen LogP contribution in [0.5, 0.6) is 0 Å². The van der Waals surface area contributed by atoms with E-state index < -0.39 is 0 Å². The number of anilines is 1. The molecule has 1 fully saturated rings. The third-order valence-electron chi connectivity index (χ3n) is 6.80. The number of imidazole rings is 1. The van der Waals surface area contributed by atoms with Crippen molar-refractivity contribution in [2.45, 2.75) is 90.8 Å². The van der Waals surface area contributed by atoms with Crippen LogP contribution in [0.15, 0.2) is 24.4 Å². The summed E-state index contributed by atoms with van der Waals surface area (Å²) in [5, 5.41) is 12.0. The first kappa shape index (κ1) is 27.6. The molecule has 2 aromatic heterocycles. The Morgan fingerprint density at radius 2 is 1.83 bits per heavy atom. The van der Waals surface area contributed by atoms with E-state index in [9.17, 15) is 4.79 Å². The van der Waals surface area contributed by atoms with Gasteiger partial charge in [0, 0.05) is 17.8 Å². The van der Waals surface area contributed by atoms with E-state index in [0.29, 0.717) is 5.69 Å². The van der Waals surface area contributed by atoms with Crippen molar-refractivity contribution in [1.82, 2.24) is 15.0 Å². The molecule has 8 heteroatoms. The fourth-order valence-corrected chi connectivity index (χ4v) is 5.32. The molecular weight excluding hydrogens is 449 g/mol. The number of allylic oxidation sites excluding steroid dienone is 2. The van der Waals surface area contributed by atoms with E-state index in [2.05, 4.69) is 62.9 Å². The first-order valence-corrected chi connectivity index (χ1v) is 12.0. The van der Waals surface area contributed by atoms with Gasteiger partial charge in [0.15, 0.2) is 11.5 Å². The van der Waals surface area contributed by atoms with Crippen LogP contribution in [0.2, 0.25) is 0 Å². The number of carbonyl (C=O) groups is 1. The molecule has 0 bridgehead atoms. The van der Waals surface area contributed by atoms with Gasteiger partial charge in [-0.25, -0.2) is 4.98 Å². The molecule has 2 aliphatic rings. The molecule has 1 amide bonds. The van der Waals surface area contributed by atoms with Gasteiger partial charge in [0.05, 0.1) is 22.6 Å². The monoisotopic (exact) mass is 485 g/mol. The van der Waals surface area contributed by atoms with Crippen molar-refractivity contribution >= 4 is 46.7 Å². The van der Waals surface area contributed by atoms with Gasteiger partial charge in [0.25, 0.3) is 5.91 Å². The standard InChI is InChI=1S/C27H35N5O2.Na.H/c1-25(2)11-9-17(10-12-25)22-21(32-24(33)23-29-16-19(15-28)30-23)8-7-20(31-22)18-13-26(3,4)34-27(5,6)14-18;;/h7-9,16,18H,10-14H2,1-6H3,(H,29,30)(H,32,33);;. The zero-order valence-electron chi connectivity index (χ0n) is 21.1. The van der Waals surface area contributed by atoms with Crippen molar-refractivity contribution in [3.63, 3.8) is 0 Å². The molecule has 0 spiro atoms. The summed E-state index contributed by atoms with van der Waals surface area (Å²) in [6.45, 7) is 13.1. The summed E-state index contributed by atoms with van der Waals surface area (Å²) >= 11 is 0. The Morgan fingerprint density at radius 3 is 2.40 bits per heavy atom. The van der Waals surface area contributed by atoms with Gasteiger partial charge in [-0.2, -0.15) is 5.26 Å². The zero-order chi connectivity index (χ0) is 24.7. The minimum absolute atomic E-state index is 0. The Kier molecular flexibility index (Phi) is 8.03. The average molecular weight is 486 g/mol. The van der Waals surface area contributed by atoms with Gasteiger partial charge in [-0.05, 0) is 82.9 Å². The molecule has 35 heavy (non-hydrogen) atoms. The van der Waals surface area contributed by atoms with Crippen LogP contribution in [0.1, 0.15) is 107 Å². The van der Waals surface area contributed by atoms with Crippen LogP contribution < -0.4 is 5.32 Å². The van der Waals surface area contributed by atoms with Crippen LogP contribution in [0.25, 0.3) is 5.57 Å². The molecule has 0 unspecified atom stereocenters. The Hall–Kier alpha value is -1.98. The fraction of sp³-hybridized carbons (Fsp3) is 0.556. The Labute approximate surface area is 230 Å². The van der Waals surface area contributed by atoms with E-state index in [1.165, 1.54) is 11.8 Å². The molecule has 4 rings (SSSR count). The number of amides is 1. The second-order valence-electron chi connectivity index (χ2n) is 11.7. The number of rotatable bonds is 4. The van der Waals surface area contributed by atoms with Gasteiger partial charge in [0.2, 0.25) is 0 Å². The summed E-state index contributed by atoms with van der Waals surface area (Å²) in [7, 11) is 0. The number of pyridine rings is 1. The van der Waals surface area contributed by atoms with Crippen LogP contribution in [-0.4, -0.2) is 61.6 Å². The first-order valence-electron chi connectivity index (χ1n) is 12.0. The molecule has 0 radical (unpaired) electrons. The van der Waals surface area contributed by atoms with Crippen molar-refractivity contribution in [3.05, 3.63) is 47.3 Å². The number of hydrogen-bond acceptors (Lipinski definition) is 5. The summed E-state index contributed by atoms with van der Waals surface area (Å²) in [5.74, 6) is -0.00761. The predicted octanol–water partition coefficient (Wildman–Crippen LogP) is 5.32. The molecule has 1 aliphatic carbocycles. The van der Waals surface area contributed by atoms with E-state index in [1.807, 2.05) is 18.2 Å². The predicted molar refractivity (Wildman–Crippen MR) is 139 cm³/mol. The van der Waals surface area contributed by atoms with Crippen LogP contribution in [0.3, 0.4) is 0 Å². The number of nitrogens with zero attached hydrogens (tertiary/aromatic N) is 3. The average Bonchev–Trinajstić information content (AvgIpc) is 3.21. The number of aromatic amines is 1. The third-order valence-corrected chi connectivity index (χ3v) is 6.80. The van der Waals surface area contributed by atoms with Crippen molar-refractivity contribution in [2.24, 2.45) is 5.41 Å². The van der Waals surface area contributed by atoms with Crippen LogP contribution in [-0.2, 0) is 4.74 Å². The van der Waals surface area contributed by atoms with Crippen molar-refractivity contribution in [2.75, 3.05) is 5.32 Å². The van der Waals surface area contributed by atoms with Crippen LogP contribution >= 0.6 is 0 Å². The molecule has 2 N–H and O–H groups in total. The van der Waals surface area contributed by atoms with Crippen molar-refractivity contribution in [3.8, 4) is 6.07 Å². The SMILES string of the molecule is CC1(C)CC=C(c2nc(C3CC(C)(C)OC(C)(C)C3)ccc2NC(=O)c2nc(C#N)c[nH]2)CC1.[NaH]. The number of hydrogen-bond donors (Lipinski definition) is 2.